The molecule has 0 bridgehead atoms. The van der Waals surface area contributed by atoms with Gasteiger partial charge in [-0.15, -0.1) is 0 Å². The molecule has 0 aromatic heterocycles. The van der Waals surface area contributed by atoms with Gasteiger partial charge in [0.1, 0.15) is 5.82 Å². The van der Waals surface area contributed by atoms with Crippen molar-refractivity contribution in [2.24, 2.45) is 0 Å². The Balaban J connectivity index is 2.19. The van der Waals surface area contributed by atoms with Gasteiger partial charge in [0, 0.05) is 30.9 Å². The van der Waals surface area contributed by atoms with Crippen molar-refractivity contribution in [2.45, 2.75) is 45.2 Å². The molecule has 1 aromatic carbocycles. The average molecular weight is 285 g/mol. The third-order valence-corrected chi connectivity index (χ3v) is 4.15. The lowest BCUT2D eigenvalue weighted by Crippen LogP contribution is -2.56. The molecule has 1 aliphatic heterocycles. The first-order valence-corrected chi connectivity index (χ1v) is 7.48. The minimum Gasteiger partial charge on any atom is -0.366 e. The SMILES string of the molecule is CCCC1CN(c2ccc(Cl)c(F)c2)C(CC)CN1. The number of hydrogen-bond donors (Lipinski definition) is 1. The predicted molar refractivity (Wildman–Crippen MR) is 79.5 cm³/mol. The minimum absolute atomic E-state index is 0.192. The van der Waals surface area contributed by atoms with Crippen LogP contribution in [0.15, 0.2) is 18.2 Å². The van der Waals surface area contributed by atoms with Crippen LogP contribution in [0.5, 0.6) is 0 Å². The maximum absolute atomic E-state index is 13.6. The summed E-state index contributed by atoms with van der Waals surface area (Å²) in [6, 6.07) is 6.04. The largest absolute Gasteiger partial charge is 0.366 e. The summed E-state index contributed by atoms with van der Waals surface area (Å²) >= 11 is 5.76. The van der Waals surface area contributed by atoms with Crippen LogP contribution in [0.3, 0.4) is 0 Å². The summed E-state index contributed by atoms with van der Waals surface area (Å²) in [7, 11) is 0. The summed E-state index contributed by atoms with van der Waals surface area (Å²) in [4.78, 5) is 2.32. The highest BCUT2D eigenvalue weighted by molar-refractivity contribution is 6.30. The molecule has 1 fully saturated rings. The highest BCUT2D eigenvalue weighted by Gasteiger charge is 2.26. The van der Waals surface area contributed by atoms with Crippen molar-refractivity contribution in [3.63, 3.8) is 0 Å². The molecule has 0 saturated carbocycles. The number of nitrogens with zero attached hydrogens (tertiary/aromatic N) is 1. The van der Waals surface area contributed by atoms with Gasteiger partial charge in [-0.05, 0) is 31.0 Å². The highest BCUT2D eigenvalue weighted by atomic mass is 35.5. The van der Waals surface area contributed by atoms with E-state index in [1.807, 2.05) is 6.07 Å². The summed E-state index contributed by atoms with van der Waals surface area (Å²) in [5.41, 5.74) is 0.941. The summed E-state index contributed by atoms with van der Waals surface area (Å²) in [6.45, 7) is 6.27. The van der Waals surface area contributed by atoms with Crippen LogP contribution in [-0.2, 0) is 0 Å². The molecule has 2 atom stereocenters. The molecule has 1 aliphatic rings. The van der Waals surface area contributed by atoms with Gasteiger partial charge in [-0.2, -0.15) is 0 Å². The Hall–Kier alpha value is -0.800. The fraction of sp³-hybridized carbons (Fsp3) is 0.600. The van der Waals surface area contributed by atoms with Crippen LogP contribution in [0, 0.1) is 5.82 Å². The quantitative estimate of drug-likeness (QED) is 0.904. The Bertz CT molecular complexity index is 425. The second kappa shape index (κ2) is 6.58. The number of hydrogen-bond acceptors (Lipinski definition) is 2. The molecule has 2 unspecified atom stereocenters. The van der Waals surface area contributed by atoms with E-state index in [1.165, 1.54) is 0 Å². The van der Waals surface area contributed by atoms with Gasteiger partial charge >= 0.3 is 0 Å². The molecule has 1 aromatic rings. The Labute approximate surface area is 119 Å². The van der Waals surface area contributed by atoms with Crippen LogP contribution in [-0.4, -0.2) is 25.2 Å². The Morgan fingerprint density at radius 2 is 2.21 bits per heavy atom. The number of rotatable bonds is 4. The van der Waals surface area contributed by atoms with Gasteiger partial charge in [0.25, 0.3) is 0 Å². The van der Waals surface area contributed by atoms with Crippen molar-refractivity contribution in [1.29, 1.82) is 0 Å². The second-order valence-corrected chi connectivity index (χ2v) is 5.61. The molecule has 0 radical (unpaired) electrons. The van der Waals surface area contributed by atoms with Crippen LogP contribution >= 0.6 is 11.6 Å². The normalized spacial score (nSPS) is 23.7. The minimum atomic E-state index is -0.334. The van der Waals surface area contributed by atoms with Crippen LogP contribution < -0.4 is 10.2 Å². The average Bonchev–Trinajstić information content (AvgIpc) is 2.42. The van der Waals surface area contributed by atoms with Crippen LogP contribution in [0.25, 0.3) is 0 Å². The van der Waals surface area contributed by atoms with E-state index in [0.717, 1.165) is 38.0 Å². The van der Waals surface area contributed by atoms with Crippen molar-refractivity contribution in [2.75, 3.05) is 18.0 Å². The fourth-order valence-corrected chi connectivity index (χ4v) is 2.87. The topological polar surface area (TPSA) is 15.3 Å². The molecular formula is C15H22ClFN2. The lowest BCUT2D eigenvalue weighted by Gasteiger charge is -2.42. The first-order chi connectivity index (χ1) is 9.15. The van der Waals surface area contributed by atoms with Crippen molar-refractivity contribution in [3.8, 4) is 0 Å². The number of benzene rings is 1. The number of nitrogens with one attached hydrogen (secondary N) is 1. The molecule has 19 heavy (non-hydrogen) atoms. The van der Waals surface area contributed by atoms with Gasteiger partial charge in [-0.1, -0.05) is 31.9 Å². The van der Waals surface area contributed by atoms with E-state index < -0.39 is 0 Å². The standard InChI is InChI=1S/C15H22ClFN2/c1-3-5-11-10-19(12(4-2)9-18-11)13-6-7-14(16)15(17)8-13/h6-8,11-12,18H,3-5,9-10H2,1-2H3. The van der Waals surface area contributed by atoms with E-state index in [9.17, 15) is 4.39 Å². The third-order valence-electron chi connectivity index (χ3n) is 3.84. The highest BCUT2D eigenvalue weighted by Crippen LogP contribution is 2.26. The maximum atomic E-state index is 13.6. The summed E-state index contributed by atoms with van der Waals surface area (Å²) < 4.78 is 13.6. The molecule has 4 heteroatoms. The van der Waals surface area contributed by atoms with Gasteiger partial charge in [-0.3, -0.25) is 0 Å². The molecule has 106 valence electrons. The molecule has 2 rings (SSSR count). The van der Waals surface area contributed by atoms with E-state index in [4.69, 9.17) is 11.6 Å². The first kappa shape index (κ1) is 14.6. The smallest absolute Gasteiger partial charge is 0.143 e. The van der Waals surface area contributed by atoms with Crippen molar-refractivity contribution in [3.05, 3.63) is 29.0 Å². The van der Waals surface area contributed by atoms with Crippen LogP contribution in [0.4, 0.5) is 10.1 Å². The predicted octanol–water partition coefficient (Wildman–Crippen LogP) is 3.84. The summed E-state index contributed by atoms with van der Waals surface area (Å²) in [6.07, 6.45) is 3.37. The number of piperazine rings is 1. The van der Waals surface area contributed by atoms with Gasteiger partial charge < -0.3 is 10.2 Å². The van der Waals surface area contributed by atoms with Gasteiger partial charge in [0.05, 0.1) is 5.02 Å². The van der Waals surface area contributed by atoms with Crippen molar-refractivity contribution >= 4 is 17.3 Å². The lowest BCUT2D eigenvalue weighted by atomic mass is 10.0. The molecule has 0 amide bonds. The first-order valence-electron chi connectivity index (χ1n) is 7.10. The molecule has 0 spiro atoms. The van der Waals surface area contributed by atoms with Gasteiger partial charge in [-0.25, -0.2) is 4.39 Å². The van der Waals surface area contributed by atoms with E-state index in [0.29, 0.717) is 12.1 Å². The molecular weight excluding hydrogens is 263 g/mol. The molecule has 2 nitrogen and oxygen atoms in total. The van der Waals surface area contributed by atoms with Crippen molar-refractivity contribution in [1.82, 2.24) is 5.32 Å². The maximum Gasteiger partial charge on any atom is 0.143 e. The van der Waals surface area contributed by atoms with Crippen LogP contribution in [0.1, 0.15) is 33.1 Å². The van der Waals surface area contributed by atoms with Gasteiger partial charge in [0.2, 0.25) is 0 Å². The van der Waals surface area contributed by atoms with E-state index >= 15 is 0 Å². The van der Waals surface area contributed by atoms with Crippen molar-refractivity contribution < 1.29 is 4.39 Å². The molecule has 1 saturated heterocycles. The second-order valence-electron chi connectivity index (χ2n) is 5.21. The Kier molecular flexibility index (Phi) is 5.06. The zero-order chi connectivity index (χ0) is 13.8. The zero-order valence-electron chi connectivity index (χ0n) is 11.6. The summed E-state index contributed by atoms with van der Waals surface area (Å²) in [5.74, 6) is -0.334. The van der Waals surface area contributed by atoms with E-state index in [1.54, 1.807) is 12.1 Å². The number of halogens is 2. The number of anilines is 1. The summed E-state index contributed by atoms with van der Waals surface area (Å²) in [5, 5.41) is 3.78. The van der Waals surface area contributed by atoms with E-state index in [2.05, 4.69) is 24.1 Å². The Morgan fingerprint density at radius 1 is 1.42 bits per heavy atom. The monoisotopic (exact) mass is 284 g/mol. The lowest BCUT2D eigenvalue weighted by molar-refractivity contribution is 0.369. The fourth-order valence-electron chi connectivity index (χ4n) is 2.75. The molecule has 1 N–H and O–H groups in total. The zero-order valence-corrected chi connectivity index (χ0v) is 12.4. The Morgan fingerprint density at radius 3 is 2.84 bits per heavy atom. The van der Waals surface area contributed by atoms with Gasteiger partial charge in [0.15, 0.2) is 0 Å². The third kappa shape index (κ3) is 3.40. The molecule has 1 heterocycles. The van der Waals surface area contributed by atoms with E-state index in [-0.39, 0.29) is 10.8 Å². The molecule has 0 aliphatic carbocycles. The van der Waals surface area contributed by atoms with Crippen LogP contribution in [0.2, 0.25) is 5.02 Å².